The summed E-state index contributed by atoms with van der Waals surface area (Å²) in [5, 5.41) is 1.41. The van der Waals surface area contributed by atoms with Gasteiger partial charge in [-0.1, -0.05) is 32.0 Å². The number of oxazole rings is 1. The Bertz CT molecular complexity index is 1150. The van der Waals surface area contributed by atoms with Crippen LogP contribution in [0.15, 0.2) is 34.8 Å². The zero-order valence-electron chi connectivity index (χ0n) is 17.7. The molecule has 0 unspecified atom stereocenters. The third kappa shape index (κ3) is 2.21. The Labute approximate surface area is 172 Å². The van der Waals surface area contributed by atoms with Crippen molar-refractivity contribution in [2.75, 3.05) is 13.1 Å². The van der Waals surface area contributed by atoms with Gasteiger partial charge < -0.3 is 8.98 Å². The van der Waals surface area contributed by atoms with Gasteiger partial charge in [-0.25, -0.2) is 4.98 Å². The standard InChI is InChI=1S/C25H29N3O/c1-4-19-16(3)29-24(26-19)21-15-25(5-2)12-8-13-27-14-11-18-17-9-6-7-10-20(17)28(21)22(18)23(25)27/h6-7,9-10,15,23H,4-5,8,11-14H2,1-3H3/t23-,25+/m1/s1. The van der Waals surface area contributed by atoms with Gasteiger partial charge in [0.05, 0.1) is 17.3 Å². The Kier molecular flexibility index (Phi) is 3.68. The van der Waals surface area contributed by atoms with Crippen molar-refractivity contribution < 1.29 is 4.42 Å². The molecule has 1 fully saturated rings. The number of para-hydroxylation sites is 1. The lowest BCUT2D eigenvalue weighted by Crippen LogP contribution is -2.50. The van der Waals surface area contributed by atoms with Gasteiger partial charge in [-0.05, 0) is 63.3 Å². The van der Waals surface area contributed by atoms with E-state index in [0.717, 1.165) is 42.3 Å². The Balaban J connectivity index is 1.70. The van der Waals surface area contributed by atoms with Gasteiger partial charge in [-0.15, -0.1) is 0 Å². The molecule has 4 heteroatoms. The van der Waals surface area contributed by atoms with Crippen LogP contribution < -0.4 is 0 Å². The number of piperidine rings is 1. The number of rotatable bonds is 3. The summed E-state index contributed by atoms with van der Waals surface area (Å²) in [5.74, 6) is 1.74. The van der Waals surface area contributed by atoms with Crippen LogP contribution in [0.3, 0.4) is 0 Å². The van der Waals surface area contributed by atoms with Crippen molar-refractivity contribution in [3.63, 3.8) is 0 Å². The van der Waals surface area contributed by atoms with E-state index >= 15 is 0 Å². The molecule has 0 N–H and O–H groups in total. The minimum atomic E-state index is 0.169. The van der Waals surface area contributed by atoms with E-state index < -0.39 is 0 Å². The molecule has 1 saturated heterocycles. The van der Waals surface area contributed by atoms with E-state index in [0.29, 0.717) is 6.04 Å². The summed E-state index contributed by atoms with van der Waals surface area (Å²) in [6.45, 7) is 8.95. The van der Waals surface area contributed by atoms with Crippen LogP contribution in [0, 0.1) is 12.3 Å². The fourth-order valence-electron chi connectivity index (χ4n) is 6.30. The first-order valence-corrected chi connectivity index (χ1v) is 11.2. The predicted molar refractivity (Wildman–Crippen MR) is 116 cm³/mol. The van der Waals surface area contributed by atoms with Crippen molar-refractivity contribution in [3.05, 3.63) is 58.9 Å². The van der Waals surface area contributed by atoms with Crippen molar-refractivity contribution in [2.24, 2.45) is 5.41 Å². The number of nitrogens with zero attached hydrogens (tertiary/aromatic N) is 3. The molecular formula is C25H29N3O. The first-order valence-electron chi connectivity index (χ1n) is 11.2. The normalized spacial score (nSPS) is 25.9. The molecule has 0 bridgehead atoms. The predicted octanol–water partition coefficient (Wildman–Crippen LogP) is 5.49. The third-order valence-corrected chi connectivity index (χ3v) is 7.70. The molecule has 3 aliphatic heterocycles. The summed E-state index contributed by atoms with van der Waals surface area (Å²) >= 11 is 0. The molecule has 5 heterocycles. The van der Waals surface area contributed by atoms with Gasteiger partial charge in [0, 0.05) is 23.0 Å². The van der Waals surface area contributed by atoms with Gasteiger partial charge >= 0.3 is 0 Å². The first kappa shape index (κ1) is 17.5. The quantitative estimate of drug-likeness (QED) is 0.596. The van der Waals surface area contributed by atoms with Gasteiger partial charge in [0.15, 0.2) is 0 Å². The second-order valence-electron chi connectivity index (χ2n) is 9.00. The summed E-state index contributed by atoms with van der Waals surface area (Å²) in [6.07, 6.45) is 8.24. The molecule has 150 valence electrons. The minimum Gasteiger partial charge on any atom is -0.440 e. The first-order chi connectivity index (χ1) is 14.2. The maximum atomic E-state index is 6.26. The Morgan fingerprint density at radius 2 is 2.07 bits per heavy atom. The number of aromatic nitrogens is 2. The highest BCUT2D eigenvalue weighted by atomic mass is 16.4. The van der Waals surface area contributed by atoms with Crippen LogP contribution in [0.25, 0.3) is 16.6 Å². The topological polar surface area (TPSA) is 34.2 Å². The molecule has 2 aromatic heterocycles. The van der Waals surface area contributed by atoms with Crippen molar-refractivity contribution in [3.8, 4) is 0 Å². The van der Waals surface area contributed by atoms with E-state index in [1.807, 2.05) is 6.92 Å². The van der Waals surface area contributed by atoms with Crippen LogP contribution in [0.1, 0.15) is 67.8 Å². The number of fused-ring (bicyclic) bond motifs is 3. The summed E-state index contributed by atoms with van der Waals surface area (Å²) in [5.41, 5.74) is 6.75. The fraction of sp³-hybridized carbons (Fsp3) is 0.480. The van der Waals surface area contributed by atoms with Crippen molar-refractivity contribution in [2.45, 2.75) is 58.9 Å². The van der Waals surface area contributed by atoms with E-state index in [1.54, 1.807) is 5.56 Å². The van der Waals surface area contributed by atoms with Crippen LogP contribution in [0.2, 0.25) is 0 Å². The second kappa shape index (κ2) is 6.09. The van der Waals surface area contributed by atoms with Gasteiger partial charge in [-0.2, -0.15) is 0 Å². The van der Waals surface area contributed by atoms with Crippen molar-refractivity contribution >= 4 is 16.6 Å². The molecular weight excluding hydrogens is 358 g/mol. The van der Waals surface area contributed by atoms with Crippen molar-refractivity contribution in [1.29, 1.82) is 0 Å². The third-order valence-electron chi connectivity index (χ3n) is 7.70. The van der Waals surface area contributed by atoms with Crippen LogP contribution in [0.5, 0.6) is 0 Å². The highest BCUT2D eigenvalue weighted by Gasteiger charge is 2.50. The summed E-state index contributed by atoms with van der Waals surface area (Å²) in [6, 6.07) is 9.39. The molecule has 0 aliphatic carbocycles. The number of hydrogen-bond acceptors (Lipinski definition) is 3. The molecule has 29 heavy (non-hydrogen) atoms. The molecule has 6 rings (SSSR count). The monoisotopic (exact) mass is 387 g/mol. The zero-order chi connectivity index (χ0) is 19.8. The number of aryl methyl sites for hydroxylation is 2. The van der Waals surface area contributed by atoms with Crippen LogP contribution in [-0.2, 0) is 12.8 Å². The van der Waals surface area contributed by atoms with Gasteiger partial charge in [0.2, 0.25) is 5.89 Å². The number of hydrogen-bond donors (Lipinski definition) is 0. The fourth-order valence-corrected chi connectivity index (χ4v) is 6.30. The molecule has 0 spiro atoms. The van der Waals surface area contributed by atoms with Gasteiger partial charge in [0.1, 0.15) is 11.5 Å². The largest absolute Gasteiger partial charge is 0.440 e. The van der Waals surface area contributed by atoms with E-state index in [-0.39, 0.29) is 5.41 Å². The lowest BCUT2D eigenvalue weighted by atomic mass is 9.66. The Hall–Kier alpha value is -2.33. The second-order valence-corrected chi connectivity index (χ2v) is 9.00. The average Bonchev–Trinajstić information content (AvgIpc) is 3.30. The SMILES string of the molecule is CCc1nc(C2=C[C@]3(CC)CCCN4CCc5c(n2c2ccccc52)[C@@H]43)oc1C. The van der Waals surface area contributed by atoms with Gasteiger partial charge in [-0.3, -0.25) is 4.90 Å². The van der Waals surface area contributed by atoms with Crippen molar-refractivity contribution in [1.82, 2.24) is 14.5 Å². The molecule has 3 aromatic rings. The smallest absolute Gasteiger partial charge is 0.243 e. The van der Waals surface area contributed by atoms with E-state index in [2.05, 4.69) is 53.7 Å². The average molecular weight is 388 g/mol. The molecule has 2 atom stereocenters. The Morgan fingerprint density at radius 3 is 2.86 bits per heavy atom. The van der Waals surface area contributed by atoms with Crippen LogP contribution >= 0.6 is 0 Å². The minimum absolute atomic E-state index is 0.169. The van der Waals surface area contributed by atoms with E-state index in [1.165, 1.54) is 42.5 Å². The van der Waals surface area contributed by atoms with Crippen LogP contribution in [-0.4, -0.2) is 27.5 Å². The van der Waals surface area contributed by atoms with E-state index in [4.69, 9.17) is 9.40 Å². The summed E-state index contributed by atoms with van der Waals surface area (Å²) in [4.78, 5) is 7.68. The lowest BCUT2D eigenvalue weighted by Gasteiger charge is -2.53. The molecule has 0 saturated carbocycles. The maximum absolute atomic E-state index is 6.26. The molecule has 0 amide bonds. The molecule has 4 nitrogen and oxygen atoms in total. The molecule has 0 radical (unpaired) electrons. The number of benzene rings is 1. The molecule has 1 aromatic carbocycles. The summed E-state index contributed by atoms with van der Waals surface area (Å²) < 4.78 is 8.75. The zero-order valence-corrected chi connectivity index (χ0v) is 17.7. The van der Waals surface area contributed by atoms with Gasteiger partial charge in [0.25, 0.3) is 0 Å². The Morgan fingerprint density at radius 1 is 1.21 bits per heavy atom. The van der Waals surface area contributed by atoms with Crippen LogP contribution in [0.4, 0.5) is 0 Å². The molecule has 3 aliphatic rings. The highest BCUT2D eigenvalue weighted by molar-refractivity contribution is 5.91. The lowest BCUT2D eigenvalue weighted by molar-refractivity contribution is 0.0269. The summed E-state index contributed by atoms with van der Waals surface area (Å²) in [7, 11) is 0. The van der Waals surface area contributed by atoms with E-state index in [9.17, 15) is 0 Å². The maximum Gasteiger partial charge on any atom is 0.243 e. The highest BCUT2D eigenvalue weighted by Crippen LogP contribution is 2.57.